The van der Waals surface area contributed by atoms with Crippen molar-refractivity contribution in [3.05, 3.63) is 76.3 Å². The van der Waals surface area contributed by atoms with Gasteiger partial charge in [0.1, 0.15) is 0 Å². The Morgan fingerprint density at radius 3 is 2.33 bits per heavy atom. The second kappa shape index (κ2) is 8.36. The van der Waals surface area contributed by atoms with Crippen LogP contribution in [0.5, 0.6) is 0 Å². The van der Waals surface area contributed by atoms with E-state index in [4.69, 9.17) is 0 Å². The van der Waals surface area contributed by atoms with Crippen molar-refractivity contribution in [3.63, 3.8) is 0 Å². The van der Waals surface area contributed by atoms with E-state index in [2.05, 4.69) is 15.5 Å². The third kappa shape index (κ3) is 4.92. The molecule has 0 unspecified atom stereocenters. The molecule has 2 aromatic carbocycles. The fraction of sp³-hybridized carbons (Fsp3) is 0.105. The first-order valence-corrected chi connectivity index (χ1v) is 10.7. The number of amides is 1. The van der Waals surface area contributed by atoms with E-state index >= 15 is 0 Å². The number of aromatic nitrogens is 1. The molecule has 0 fully saturated rings. The number of carbonyl (C=O) groups excluding carboxylic acids is 1. The predicted octanol–water partition coefficient (Wildman–Crippen LogP) is 4.07. The van der Waals surface area contributed by atoms with Gasteiger partial charge in [-0.1, -0.05) is 17.7 Å². The van der Waals surface area contributed by atoms with E-state index in [0.29, 0.717) is 4.88 Å². The maximum Gasteiger partial charge on any atom is 0.416 e. The molecule has 0 aliphatic heterocycles. The average molecular weight is 453 g/mol. The van der Waals surface area contributed by atoms with Gasteiger partial charge in [-0.05, 0) is 43.3 Å². The number of halogens is 3. The fourth-order valence-electron chi connectivity index (χ4n) is 2.30. The zero-order chi connectivity index (χ0) is 21.9. The van der Waals surface area contributed by atoms with Gasteiger partial charge in [0.05, 0.1) is 21.6 Å². The minimum Gasteiger partial charge on any atom is -0.267 e. The van der Waals surface area contributed by atoms with E-state index in [1.54, 1.807) is 12.1 Å². The van der Waals surface area contributed by atoms with Crippen LogP contribution in [0.2, 0.25) is 0 Å². The first-order chi connectivity index (χ1) is 14.1. The number of nitrogens with one attached hydrogen (secondary N) is 1. The Kier molecular flexibility index (Phi) is 6.04. The third-order valence-electron chi connectivity index (χ3n) is 3.90. The fourth-order valence-corrected chi connectivity index (χ4v) is 4.72. The highest BCUT2D eigenvalue weighted by atomic mass is 32.2. The van der Waals surface area contributed by atoms with Crippen molar-refractivity contribution in [2.75, 3.05) is 0 Å². The van der Waals surface area contributed by atoms with Crippen LogP contribution in [0.3, 0.4) is 0 Å². The van der Waals surface area contributed by atoms with Gasteiger partial charge in [-0.3, -0.25) is 4.79 Å². The van der Waals surface area contributed by atoms with Crippen molar-refractivity contribution in [1.82, 2.24) is 10.4 Å². The highest BCUT2D eigenvalue weighted by Gasteiger charge is 2.30. The lowest BCUT2D eigenvalue weighted by atomic mass is 10.1. The summed E-state index contributed by atoms with van der Waals surface area (Å²) in [5.41, 5.74) is 2.22. The van der Waals surface area contributed by atoms with Crippen LogP contribution >= 0.6 is 11.3 Å². The zero-order valence-corrected chi connectivity index (χ0v) is 17.0. The third-order valence-corrected chi connectivity index (χ3v) is 6.99. The summed E-state index contributed by atoms with van der Waals surface area (Å²) in [5.74, 6) is -0.711. The molecule has 1 N–H and O–H groups in total. The number of alkyl halides is 3. The number of nitrogens with zero attached hydrogens (tertiary/aromatic N) is 2. The molecule has 1 heterocycles. The quantitative estimate of drug-likeness (QED) is 0.466. The van der Waals surface area contributed by atoms with Gasteiger partial charge >= 0.3 is 6.18 Å². The van der Waals surface area contributed by atoms with Crippen LogP contribution in [0.15, 0.2) is 69.1 Å². The number of hydrazone groups is 1. The normalized spacial score (nSPS) is 12.3. The Morgan fingerprint density at radius 1 is 1.10 bits per heavy atom. The molecule has 0 spiro atoms. The van der Waals surface area contributed by atoms with E-state index in [-0.39, 0.29) is 14.8 Å². The van der Waals surface area contributed by atoms with Crippen LogP contribution in [0.4, 0.5) is 13.2 Å². The van der Waals surface area contributed by atoms with Crippen LogP contribution in [-0.2, 0) is 16.0 Å². The van der Waals surface area contributed by atoms with E-state index in [1.807, 2.05) is 6.92 Å². The largest absolute Gasteiger partial charge is 0.416 e. The molecule has 0 saturated heterocycles. The summed E-state index contributed by atoms with van der Waals surface area (Å²) in [4.78, 5) is 16.3. The van der Waals surface area contributed by atoms with Gasteiger partial charge in [-0.25, -0.2) is 18.8 Å². The maximum absolute atomic E-state index is 12.6. The molecule has 3 rings (SSSR count). The first-order valence-electron chi connectivity index (χ1n) is 8.35. The molecule has 6 nitrogen and oxygen atoms in total. The lowest BCUT2D eigenvalue weighted by Gasteiger charge is -2.06. The number of carbonyl (C=O) groups is 1. The molecule has 30 heavy (non-hydrogen) atoms. The van der Waals surface area contributed by atoms with Gasteiger partial charge in [0.2, 0.25) is 14.2 Å². The molecular formula is C19H14F3N3O3S2. The van der Waals surface area contributed by atoms with Crippen molar-refractivity contribution in [2.24, 2.45) is 5.10 Å². The number of thiazole rings is 1. The Labute approximate surface area is 174 Å². The van der Waals surface area contributed by atoms with E-state index in [0.717, 1.165) is 41.2 Å². The van der Waals surface area contributed by atoms with Crippen LogP contribution in [0.1, 0.15) is 26.4 Å². The molecule has 0 aliphatic carbocycles. The smallest absolute Gasteiger partial charge is 0.267 e. The van der Waals surface area contributed by atoms with Gasteiger partial charge in [0, 0.05) is 11.8 Å². The number of hydrogen-bond acceptors (Lipinski definition) is 6. The highest BCUT2D eigenvalue weighted by molar-refractivity contribution is 7.93. The monoisotopic (exact) mass is 453 g/mol. The predicted molar refractivity (Wildman–Crippen MR) is 105 cm³/mol. The van der Waals surface area contributed by atoms with Gasteiger partial charge in [0.25, 0.3) is 5.91 Å². The lowest BCUT2D eigenvalue weighted by molar-refractivity contribution is -0.137. The zero-order valence-electron chi connectivity index (χ0n) is 15.3. The first kappa shape index (κ1) is 21.7. The number of rotatable bonds is 5. The molecule has 0 atom stereocenters. The molecule has 0 bridgehead atoms. The van der Waals surface area contributed by atoms with E-state index in [9.17, 15) is 26.4 Å². The summed E-state index contributed by atoms with van der Waals surface area (Å²) in [7, 11) is -3.77. The van der Waals surface area contributed by atoms with Crippen molar-refractivity contribution in [1.29, 1.82) is 0 Å². The van der Waals surface area contributed by atoms with Gasteiger partial charge in [-0.2, -0.15) is 18.3 Å². The van der Waals surface area contributed by atoms with Crippen molar-refractivity contribution in [2.45, 2.75) is 22.3 Å². The molecule has 0 saturated carbocycles. The lowest BCUT2D eigenvalue weighted by Crippen LogP contribution is -2.17. The highest BCUT2D eigenvalue weighted by Crippen LogP contribution is 2.29. The van der Waals surface area contributed by atoms with Crippen LogP contribution in [0, 0.1) is 6.92 Å². The van der Waals surface area contributed by atoms with Gasteiger partial charge in [0.15, 0.2) is 0 Å². The Morgan fingerprint density at radius 2 is 1.73 bits per heavy atom. The standard InChI is InChI=1S/C19H14F3N3O3S2/c1-12-2-8-16(9-3-12)30(27,28)18-23-10-15(29-18)11-24-25-17(26)13-4-6-14(7-5-13)19(20,21)22/h2-11H,1H3,(H,25,26)/b24-11-. The van der Waals surface area contributed by atoms with Gasteiger partial charge < -0.3 is 0 Å². The molecule has 0 radical (unpaired) electrons. The van der Waals surface area contributed by atoms with E-state index < -0.39 is 27.5 Å². The molecule has 0 aliphatic rings. The minimum absolute atomic E-state index is 0.00732. The summed E-state index contributed by atoms with van der Waals surface area (Å²) in [6.45, 7) is 1.84. The van der Waals surface area contributed by atoms with Crippen molar-refractivity contribution in [3.8, 4) is 0 Å². The topological polar surface area (TPSA) is 88.5 Å². The minimum atomic E-state index is -4.49. The summed E-state index contributed by atoms with van der Waals surface area (Å²) in [5, 5.41) is 3.70. The Bertz CT molecular complexity index is 1180. The molecular weight excluding hydrogens is 439 g/mol. The molecule has 1 amide bonds. The van der Waals surface area contributed by atoms with Crippen LogP contribution < -0.4 is 5.43 Å². The number of aryl methyl sites for hydroxylation is 1. The van der Waals surface area contributed by atoms with Crippen molar-refractivity contribution >= 4 is 33.3 Å². The molecule has 156 valence electrons. The van der Waals surface area contributed by atoms with Crippen LogP contribution in [0.25, 0.3) is 0 Å². The van der Waals surface area contributed by atoms with Crippen molar-refractivity contribution < 1.29 is 26.4 Å². The second-order valence-corrected chi connectivity index (χ2v) is 9.30. The Hall–Kier alpha value is -3.05. The molecule has 3 aromatic rings. The summed E-state index contributed by atoms with van der Waals surface area (Å²) in [6, 6.07) is 10.0. The van der Waals surface area contributed by atoms with E-state index in [1.165, 1.54) is 24.5 Å². The SMILES string of the molecule is Cc1ccc(S(=O)(=O)c2ncc(/C=N\NC(=O)c3ccc(C(F)(F)F)cc3)s2)cc1. The van der Waals surface area contributed by atoms with Crippen LogP contribution in [-0.4, -0.2) is 25.5 Å². The maximum atomic E-state index is 12.6. The Balaban J connectivity index is 1.67. The number of hydrogen-bond donors (Lipinski definition) is 1. The summed E-state index contributed by atoms with van der Waals surface area (Å²) >= 11 is 0.866. The second-order valence-electron chi connectivity index (χ2n) is 6.12. The summed E-state index contributed by atoms with van der Waals surface area (Å²) in [6.07, 6.45) is -2.00. The molecule has 1 aromatic heterocycles. The summed E-state index contributed by atoms with van der Waals surface area (Å²) < 4.78 is 62.7. The molecule has 11 heteroatoms. The average Bonchev–Trinajstić information content (AvgIpc) is 3.17. The van der Waals surface area contributed by atoms with Gasteiger partial charge in [-0.15, -0.1) is 11.3 Å². The number of benzene rings is 2. The number of sulfone groups is 1.